The van der Waals surface area contributed by atoms with Gasteiger partial charge < -0.3 is 24.2 Å². The van der Waals surface area contributed by atoms with Crippen LogP contribution in [0.2, 0.25) is 0 Å². The molecule has 1 amide bonds. The van der Waals surface area contributed by atoms with Crippen LogP contribution in [0.5, 0.6) is 11.6 Å². The molecular formula is C27H29F2N5O5S. The molecular weight excluding hydrogens is 544 g/mol. The van der Waals surface area contributed by atoms with Gasteiger partial charge in [0.2, 0.25) is 17.0 Å². The molecule has 1 saturated carbocycles. The predicted molar refractivity (Wildman–Crippen MR) is 143 cm³/mol. The van der Waals surface area contributed by atoms with E-state index >= 15 is 4.39 Å². The zero-order chi connectivity index (χ0) is 28.0. The minimum atomic E-state index is -1.31. The SMILES string of the molecule is COCOc1cc(-c2cc(F)nc(OC)c2)ccc1-c1nnc(N(C2CC2)[C@@H]2C[C@H]3CC[C@@H]([C@@H]2F)N3C(=O)O)s1. The van der Waals surface area contributed by atoms with Gasteiger partial charge in [-0.3, -0.25) is 4.90 Å². The summed E-state index contributed by atoms with van der Waals surface area (Å²) < 4.78 is 46.0. The lowest BCUT2D eigenvalue weighted by molar-refractivity contribution is 0.0476. The van der Waals surface area contributed by atoms with Gasteiger partial charge in [-0.2, -0.15) is 9.37 Å². The number of benzene rings is 1. The highest BCUT2D eigenvalue weighted by Crippen LogP contribution is 2.46. The average molecular weight is 574 g/mol. The van der Waals surface area contributed by atoms with E-state index in [9.17, 15) is 14.3 Å². The highest BCUT2D eigenvalue weighted by atomic mass is 32.1. The first-order valence-electron chi connectivity index (χ1n) is 13.1. The molecule has 0 unspecified atom stereocenters. The number of amides is 1. The van der Waals surface area contributed by atoms with Crippen molar-refractivity contribution in [1.29, 1.82) is 0 Å². The Balaban J connectivity index is 1.31. The summed E-state index contributed by atoms with van der Waals surface area (Å²) in [5.74, 6) is -0.0472. The second-order valence-corrected chi connectivity index (χ2v) is 11.2. The number of pyridine rings is 1. The molecule has 1 aromatic carbocycles. The maximum atomic E-state index is 15.8. The van der Waals surface area contributed by atoms with E-state index in [4.69, 9.17) is 14.2 Å². The van der Waals surface area contributed by atoms with Crippen LogP contribution in [0.4, 0.5) is 18.7 Å². The van der Waals surface area contributed by atoms with Gasteiger partial charge in [-0.1, -0.05) is 17.4 Å². The number of hydrogen-bond acceptors (Lipinski definition) is 9. The second-order valence-electron chi connectivity index (χ2n) is 10.2. The number of fused-ring (bicyclic) bond motifs is 2. The van der Waals surface area contributed by atoms with Crippen LogP contribution in [-0.4, -0.2) is 82.6 Å². The molecule has 0 spiro atoms. The number of rotatable bonds is 9. The topological polar surface area (TPSA) is 110 Å². The Morgan fingerprint density at radius 3 is 2.70 bits per heavy atom. The molecule has 1 aliphatic carbocycles. The van der Waals surface area contributed by atoms with Crippen molar-refractivity contribution in [2.24, 2.45) is 0 Å². The summed E-state index contributed by atoms with van der Waals surface area (Å²) >= 11 is 1.34. The zero-order valence-electron chi connectivity index (χ0n) is 22.0. The standard InChI is InChI=1S/C27H29F2N5O5S/c1-37-13-39-21-9-14(15-10-22(28)30-23(11-15)38-2)3-7-18(21)25-31-32-26(40-25)33(16-4-5-16)20-12-17-6-8-19(24(20)29)34(17)27(35)36/h3,7,9-11,16-17,19-20,24H,4-6,8,12-13H2,1-2H3,(H,35,36)/t17-,19+,20-,24+/m1/s1. The molecule has 4 atom stereocenters. The molecule has 40 heavy (non-hydrogen) atoms. The fourth-order valence-corrected chi connectivity index (χ4v) is 6.91. The lowest BCUT2D eigenvalue weighted by atomic mass is 9.94. The number of nitrogens with zero attached hydrogens (tertiary/aromatic N) is 5. The minimum absolute atomic E-state index is 0.0151. The van der Waals surface area contributed by atoms with Crippen molar-refractivity contribution in [3.63, 3.8) is 0 Å². The molecule has 2 aliphatic heterocycles. The highest BCUT2D eigenvalue weighted by molar-refractivity contribution is 7.18. The van der Waals surface area contributed by atoms with Crippen molar-refractivity contribution < 1.29 is 32.9 Å². The van der Waals surface area contributed by atoms with Crippen molar-refractivity contribution in [2.45, 2.75) is 62.4 Å². The van der Waals surface area contributed by atoms with E-state index in [1.165, 1.54) is 36.5 Å². The Morgan fingerprint density at radius 1 is 1.15 bits per heavy atom. The van der Waals surface area contributed by atoms with E-state index in [-0.39, 0.29) is 24.8 Å². The van der Waals surface area contributed by atoms with E-state index in [0.717, 1.165) is 12.8 Å². The minimum Gasteiger partial charge on any atom is -0.481 e. The van der Waals surface area contributed by atoms with Gasteiger partial charge in [0.25, 0.3) is 0 Å². The molecule has 3 aliphatic rings. The maximum absolute atomic E-state index is 15.8. The lowest BCUT2D eigenvalue weighted by Gasteiger charge is -2.44. The smallest absolute Gasteiger partial charge is 0.407 e. The third kappa shape index (κ3) is 4.92. The van der Waals surface area contributed by atoms with Crippen LogP contribution in [0.15, 0.2) is 30.3 Å². The van der Waals surface area contributed by atoms with Crippen molar-refractivity contribution in [2.75, 3.05) is 25.9 Å². The van der Waals surface area contributed by atoms with E-state index in [0.29, 0.717) is 51.8 Å². The van der Waals surface area contributed by atoms with Gasteiger partial charge in [0.1, 0.15) is 11.9 Å². The van der Waals surface area contributed by atoms with Crippen molar-refractivity contribution in [1.82, 2.24) is 20.1 Å². The molecule has 6 rings (SSSR count). The zero-order valence-corrected chi connectivity index (χ0v) is 22.8. The molecule has 13 heteroatoms. The van der Waals surface area contributed by atoms with E-state index in [1.807, 2.05) is 17.0 Å². The molecule has 212 valence electrons. The third-order valence-corrected chi connectivity index (χ3v) is 8.78. The molecule has 2 bridgehead atoms. The summed E-state index contributed by atoms with van der Waals surface area (Å²) in [5, 5.41) is 19.7. The first kappa shape index (κ1) is 26.6. The Bertz CT molecular complexity index is 1410. The molecule has 3 aromatic rings. The van der Waals surface area contributed by atoms with Crippen LogP contribution in [0, 0.1) is 5.95 Å². The van der Waals surface area contributed by atoms with Gasteiger partial charge in [0.05, 0.1) is 24.8 Å². The number of halogens is 2. The Hall–Kier alpha value is -3.58. The van der Waals surface area contributed by atoms with Crippen LogP contribution < -0.4 is 14.4 Å². The molecule has 3 fully saturated rings. The van der Waals surface area contributed by atoms with Gasteiger partial charge in [0, 0.05) is 31.3 Å². The fourth-order valence-electron chi connectivity index (χ4n) is 5.90. The van der Waals surface area contributed by atoms with Gasteiger partial charge in [-0.15, -0.1) is 10.2 Å². The quantitative estimate of drug-likeness (QED) is 0.280. The summed E-state index contributed by atoms with van der Waals surface area (Å²) in [5.41, 5.74) is 1.91. The first-order chi connectivity index (χ1) is 19.4. The summed E-state index contributed by atoms with van der Waals surface area (Å²) in [6, 6.07) is 7.22. The molecule has 10 nitrogen and oxygen atoms in total. The maximum Gasteiger partial charge on any atom is 0.407 e. The van der Waals surface area contributed by atoms with Crippen LogP contribution in [0.25, 0.3) is 21.7 Å². The van der Waals surface area contributed by atoms with Gasteiger partial charge in [-0.05, 0) is 55.4 Å². The second kappa shape index (κ2) is 10.8. The number of aromatic nitrogens is 3. The first-order valence-corrected chi connectivity index (χ1v) is 13.9. The van der Waals surface area contributed by atoms with Crippen molar-refractivity contribution in [3.8, 4) is 33.3 Å². The van der Waals surface area contributed by atoms with Crippen molar-refractivity contribution >= 4 is 22.6 Å². The lowest BCUT2D eigenvalue weighted by Crippen LogP contribution is -2.59. The number of carboxylic acid groups (broad SMARTS) is 1. The monoisotopic (exact) mass is 573 g/mol. The number of anilines is 1. The summed E-state index contributed by atoms with van der Waals surface area (Å²) in [4.78, 5) is 18.8. The fraction of sp³-hybridized carbons (Fsp3) is 0.481. The Kier molecular flexibility index (Phi) is 7.17. The third-order valence-electron chi connectivity index (χ3n) is 7.81. The Labute approximate surface area is 233 Å². The van der Waals surface area contributed by atoms with Gasteiger partial charge >= 0.3 is 6.09 Å². The molecule has 0 radical (unpaired) electrons. The molecule has 4 heterocycles. The van der Waals surface area contributed by atoms with E-state index in [1.54, 1.807) is 12.1 Å². The predicted octanol–water partition coefficient (Wildman–Crippen LogP) is 4.99. The normalized spacial score (nSPS) is 23.8. The summed E-state index contributed by atoms with van der Waals surface area (Å²) in [6.45, 7) is -0.0151. The molecule has 1 N–H and O–H groups in total. The van der Waals surface area contributed by atoms with Crippen LogP contribution in [-0.2, 0) is 4.74 Å². The number of carbonyl (C=O) groups is 1. The van der Waals surface area contributed by atoms with E-state index in [2.05, 4.69) is 15.2 Å². The number of alkyl halides is 1. The number of hydrogen-bond donors (Lipinski definition) is 1. The summed E-state index contributed by atoms with van der Waals surface area (Å²) in [7, 11) is 2.94. The van der Waals surface area contributed by atoms with Gasteiger partial charge in [0.15, 0.2) is 11.8 Å². The Morgan fingerprint density at radius 2 is 1.98 bits per heavy atom. The highest BCUT2D eigenvalue weighted by Gasteiger charge is 2.53. The molecule has 2 saturated heterocycles. The van der Waals surface area contributed by atoms with Gasteiger partial charge in [-0.25, -0.2) is 9.18 Å². The number of ether oxygens (including phenoxy) is 3. The van der Waals surface area contributed by atoms with Crippen LogP contribution >= 0.6 is 11.3 Å². The van der Waals surface area contributed by atoms with Crippen LogP contribution in [0.1, 0.15) is 32.1 Å². The van der Waals surface area contributed by atoms with Crippen LogP contribution in [0.3, 0.4) is 0 Å². The summed E-state index contributed by atoms with van der Waals surface area (Å²) in [6.07, 6.45) is 1.14. The molecule has 2 aromatic heterocycles. The number of methoxy groups -OCH3 is 2. The van der Waals surface area contributed by atoms with E-state index < -0.39 is 30.3 Å². The largest absolute Gasteiger partial charge is 0.481 e. The average Bonchev–Trinajstić information content (AvgIpc) is 3.55. The number of piperidine rings is 1. The van der Waals surface area contributed by atoms with Crippen molar-refractivity contribution in [3.05, 3.63) is 36.3 Å².